The van der Waals surface area contributed by atoms with Crippen LogP contribution in [0.1, 0.15) is 34.2 Å². The van der Waals surface area contributed by atoms with E-state index in [1.807, 2.05) is 42.1 Å². The van der Waals surface area contributed by atoms with Gasteiger partial charge in [0.05, 0.1) is 18.6 Å². The van der Waals surface area contributed by atoms with Crippen LogP contribution in [0.2, 0.25) is 0 Å². The lowest BCUT2D eigenvalue weighted by atomic mass is 10.0. The van der Waals surface area contributed by atoms with Crippen molar-refractivity contribution < 1.29 is 17.9 Å². The number of aryl methyl sites for hydroxylation is 1. The Kier molecular flexibility index (Phi) is 5.69. The molecule has 9 heteroatoms. The maximum atomic E-state index is 13.1. The SMILES string of the molecule is COc1ccccc1C(NC(=O)c1ccc(N2CCCS2(=O)=O)cc1)c1nccn1C. The number of ether oxygens (including phenoxy) is 1. The Morgan fingerprint density at radius 2 is 1.90 bits per heavy atom. The summed E-state index contributed by atoms with van der Waals surface area (Å²) in [5.41, 5.74) is 1.78. The van der Waals surface area contributed by atoms with Crippen molar-refractivity contribution in [2.24, 2.45) is 7.05 Å². The fourth-order valence-electron chi connectivity index (χ4n) is 3.76. The second-order valence-electron chi connectivity index (χ2n) is 7.33. The van der Waals surface area contributed by atoms with Gasteiger partial charge in [-0.25, -0.2) is 13.4 Å². The summed E-state index contributed by atoms with van der Waals surface area (Å²) in [7, 11) is 0.185. The fourth-order valence-corrected chi connectivity index (χ4v) is 5.33. The maximum absolute atomic E-state index is 13.1. The van der Waals surface area contributed by atoms with Crippen LogP contribution in [0.4, 0.5) is 5.69 Å². The molecule has 1 fully saturated rings. The summed E-state index contributed by atoms with van der Waals surface area (Å²) in [5, 5.41) is 3.04. The van der Waals surface area contributed by atoms with E-state index in [0.717, 1.165) is 5.56 Å². The Bertz CT molecular complexity index is 1190. The number of para-hydroxylation sites is 1. The van der Waals surface area contributed by atoms with Crippen LogP contribution in [0.15, 0.2) is 60.9 Å². The molecule has 1 amide bonds. The Hall–Kier alpha value is -3.33. The zero-order valence-corrected chi connectivity index (χ0v) is 18.2. The van der Waals surface area contributed by atoms with E-state index in [2.05, 4.69) is 10.3 Å². The normalized spacial score (nSPS) is 16.1. The Labute approximate surface area is 181 Å². The van der Waals surface area contributed by atoms with Gasteiger partial charge < -0.3 is 14.6 Å². The number of sulfonamides is 1. The molecule has 3 aromatic rings. The van der Waals surface area contributed by atoms with E-state index in [1.165, 1.54) is 4.31 Å². The highest BCUT2D eigenvalue weighted by Crippen LogP contribution is 2.30. The summed E-state index contributed by atoms with van der Waals surface area (Å²) >= 11 is 0. The van der Waals surface area contributed by atoms with Crippen molar-refractivity contribution in [1.82, 2.24) is 14.9 Å². The van der Waals surface area contributed by atoms with E-state index in [-0.39, 0.29) is 11.7 Å². The van der Waals surface area contributed by atoms with E-state index in [9.17, 15) is 13.2 Å². The molecule has 1 atom stereocenters. The van der Waals surface area contributed by atoms with Gasteiger partial charge in [-0.15, -0.1) is 0 Å². The first kappa shape index (κ1) is 20.9. The highest BCUT2D eigenvalue weighted by molar-refractivity contribution is 7.93. The molecule has 1 aromatic heterocycles. The second kappa shape index (κ2) is 8.43. The topological polar surface area (TPSA) is 93.5 Å². The Morgan fingerprint density at radius 3 is 2.52 bits per heavy atom. The van der Waals surface area contributed by atoms with Gasteiger partial charge in [-0.1, -0.05) is 18.2 Å². The summed E-state index contributed by atoms with van der Waals surface area (Å²) < 4.78 is 33.0. The molecule has 1 N–H and O–H groups in total. The van der Waals surface area contributed by atoms with Crippen molar-refractivity contribution >= 4 is 21.6 Å². The number of nitrogens with zero attached hydrogens (tertiary/aromatic N) is 3. The molecule has 1 aliphatic rings. The number of aromatic nitrogens is 2. The van der Waals surface area contributed by atoms with Crippen LogP contribution in [0.5, 0.6) is 5.75 Å². The lowest BCUT2D eigenvalue weighted by molar-refractivity contribution is 0.0941. The quantitative estimate of drug-likeness (QED) is 0.636. The number of carbonyl (C=O) groups is 1. The highest BCUT2D eigenvalue weighted by Gasteiger charge is 2.29. The standard InChI is InChI=1S/C22H24N4O4S/c1-25-14-12-23-21(25)20(18-6-3-4-7-19(18)30-2)24-22(27)16-8-10-17(11-9-16)26-13-5-15-31(26,28)29/h3-4,6-12,14,20H,5,13,15H2,1-2H3,(H,24,27). The average Bonchev–Trinajstić information content (AvgIpc) is 3.36. The van der Waals surface area contributed by atoms with Crippen molar-refractivity contribution in [3.8, 4) is 5.75 Å². The molecule has 2 aromatic carbocycles. The fraction of sp³-hybridized carbons (Fsp3) is 0.273. The number of amides is 1. The van der Waals surface area contributed by atoms with Gasteiger partial charge in [0.25, 0.3) is 5.91 Å². The van der Waals surface area contributed by atoms with E-state index in [0.29, 0.717) is 35.8 Å². The maximum Gasteiger partial charge on any atom is 0.252 e. The van der Waals surface area contributed by atoms with Gasteiger partial charge in [0.1, 0.15) is 17.6 Å². The van der Waals surface area contributed by atoms with E-state index in [4.69, 9.17) is 4.74 Å². The number of methoxy groups -OCH3 is 1. The summed E-state index contributed by atoms with van der Waals surface area (Å²) in [6.07, 6.45) is 4.10. The molecular formula is C22H24N4O4S. The van der Waals surface area contributed by atoms with Crippen LogP contribution in [-0.2, 0) is 17.1 Å². The third kappa shape index (κ3) is 4.13. The number of rotatable bonds is 6. The second-order valence-corrected chi connectivity index (χ2v) is 9.35. The first-order valence-corrected chi connectivity index (χ1v) is 11.5. The molecular weight excluding hydrogens is 416 g/mol. The van der Waals surface area contributed by atoms with Crippen LogP contribution in [0.25, 0.3) is 0 Å². The van der Waals surface area contributed by atoms with Crippen LogP contribution < -0.4 is 14.4 Å². The Morgan fingerprint density at radius 1 is 1.16 bits per heavy atom. The van der Waals surface area contributed by atoms with Gasteiger partial charge in [-0.2, -0.15) is 0 Å². The smallest absolute Gasteiger partial charge is 0.252 e. The average molecular weight is 441 g/mol. The third-order valence-electron chi connectivity index (χ3n) is 5.36. The monoisotopic (exact) mass is 440 g/mol. The molecule has 0 aliphatic carbocycles. The zero-order valence-electron chi connectivity index (χ0n) is 17.4. The van der Waals surface area contributed by atoms with Crippen molar-refractivity contribution in [2.75, 3.05) is 23.7 Å². The van der Waals surface area contributed by atoms with Gasteiger partial charge in [0, 0.05) is 37.1 Å². The predicted molar refractivity (Wildman–Crippen MR) is 118 cm³/mol. The molecule has 0 spiro atoms. The highest BCUT2D eigenvalue weighted by atomic mass is 32.2. The van der Waals surface area contributed by atoms with Crippen LogP contribution in [0, 0.1) is 0 Å². The van der Waals surface area contributed by atoms with E-state index < -0.39 is 16.1 Å². The van der Waals surface area contributed by atoms with Crippen molar-refractivity contribution in [3.05, 3.63) is 77.9 Å². The first-order valence-electron chi connectivity index (χ1n) is 9.92. The molecule has 0 radical (unpaired) electrons. The lowest BCUT2D eigenvalue weighted by Crippen LogP contribution is -2.31. The molecule has 162 valence electrons. The minimum Gasteiger partial charge on any atom is -0.496 e. The molecule has 1 saturated heterocycles. The van der Waals surface area contributed by atoms with Crippen molar-refractivity contribution in [1.29, 1.82) is 0 Å². The van der Waals surface area contributed by atoms with Crippen LogP contribution in [-0.4, -0.2) is 43.3 Å². The minimum absolute atomic E-state index is 0.152. The molecule has 0 bridgehead atoms. The number of hydrogen-bond acceptors (Lipinski definition) is 5. The van der Waals surface area contributed by atoms with E-state index in [1.54, 1.807) is 37.6 Å². The summed E-state index contributed by atoms with van der Waals surface area (Å²) in [5.74, 6) is 1.16. The largest absolute Gasteiger partial charge is 0.496 e. The predicted octanol–water partition coefficient (Wildman–Crippen LogP) is 2.49. The molecule has 1 aliphatic heterocycles. The van der Waals surface area contributed by atoms with Crippen LogP contribution in [0.3, 0.4) is 0 Å². The molecule has 0 saturated carbocycles. The number of anilines is 1. The minimum atomic E-state index is -3.26. The van der Waals surface area contributed by atoms with Gasteiger partial charge in [-0.3, -0.25) is 9.10 Å². The number of carbonyl (C=O) groups excluding carboxylic acids is 1. The molecule has 31 heavy (non-hydrogen) atoms. The first-order chi connectivity index (χ1) is 14.9. The molecule has 4 rings (SSSR count). The third-order valence-corrected chi connectivity index (χ3v) is 7.23. The molecule has 2 heterocycles. The molecule has 8 nitrogen and oxygen atoms in total. The summed E-state index contributed by atoms with van der Waals surface area (Å²) in [6.45, 7) is 0.461. The van der Waals surface area contributed by atoms with E-state index >= 15 is 0 Å². The molecule has 1 unspecified atom stereocenters. The number of hydrogen-bond donors (Lipinski definition) is 1. The summed E-state index contributed by atoms with van der Waals surface area (Å²) in [4.78, 5) is 17.5. The number of imidazole rings is 1. The van der Waals surface area contributed by atoms with Crippen LogP contribution >= 0.6 is 0 Å². The zero-order chi connectivity index (χ0) is 22.0. The number of nitrogens with one attached hydrogen (secondary N) is 1. The van der Waals surface area contributed by atoms with Gasteiger partial charge in [-0.05, 0) is 36.8 Å². The summed E-state index contributed by atoms with van der Waals surface area (Å²) in [6, 6.07) is 13.5. The van der Waals surface area contributed by atoms with Gasteiger partial charge in [0.2, 0.25) is 10.0 Å². The van der Waals surface area contributed by atoms with Gasteiger partial charge >= 0.3 is 0 Å². The lowest BCUT2D eigenvalue weighted by Gasteiger charge is -2.21. The Balaban J connectivity index is 1.62. The van der Waals surface area contributed by atoms with Crippen molar-refractivity contribution in [2.45, 2.75) is 12.5 Å². The van der Waals surface area contributed by atoms with Gasteiger partial charge in [0.15, 0.2) is 0 Å². The number of benzene rings is 2. The van der Waals surface area contributed by atoms with Crippen molar-refractivity contribution in [3.63, 3.8) is 0 Å².